The monoisotopic (exact) mass is 320 g/mol. The maximum Gasteiger partial charge on any atom is 0.356 e. The Balaban J connectivity index is 1.58. The number of carbonyl (C=O) groups is 1. The summed E-state index contributed by atoms with van der Waals surface area (Å²) in [6.07, 6.45) is 4.87. The highest BCUT2D eigenvalue weighted by Crippen LogP contribution is 2.25. The van der Waals surface area contributed by atoms with Gasteiger partial charge in [0, 0.05) is 24.7 Å². The molecule has 4 rings (SSSR count). The number of benzene rings is 1. The number of aromatic carboxylic acids is 1. The van der Waals surface area contributed by atoms with Crippen molar-refractivity contribution < 1.29 is 14.6 Å². The highest BCUT2D eigenvalue weighted by molar-refractivity contribution is 5.86. The van der Waals surface area contributed by atoms with Crippen LogP contribution in [0, 0.1) is 0 Å². The lowest BCUT2D eigenvalue weighted by Crippen LogP contribution is -1.94. The zero-order chi connectivity index (χ0) is 16.5. The molecule has 0 unspecified atom stereocenters. The number of rotatable bonds is 4. The summed E-state index contributed by atoms with van der Waals surface area (Å²) in [7, 11) is 0. The van der Waals surface area contributed by atoms with Gasteiger partial charge in [0.2, 0.25) is 0 Å². The number of hydrogen-bond acceptors (Lipinski definition) is 4. The number of ether oxygens (including phenoxy) is 1. The number of aromatic amines is 1. The Labute approximate surface area is 136 Å². The van der Waals surface area contributed by atoms with Crippen LogP contribution in [0.5, 0.6) is 11.5 Å². The van der Waals surface area contributed by atoms with Crippen molar-refractivity contribution in [2.75, 3.05) is 0 Å². The summed E-state index contributed by atoms with van der Waals surface area (Å²) < 4.78 is 7.44. The second-order valence-electron chi connectivity index (χ2n) is 5.16. The van der Waals surface area contributed by atoms with Crippen molar-refractivity contribution >= 4 is 11.6 Å². The Kier molecular flexibility index (Phi) is 3.24. The molecular formula is C17H12N4O3. The first-order chi connectivity index (χ1) is 11.7. The van der Waals surface area contributed by atoms with E-state index in [-0.39, 0.29) is 5.69 Å². The highest BCUT2D eigenvalue weighted by Gasteiger charge is 2.09. The summed E-state index contributed by atoms with van der Waals surface area (Å²) in [6, 6.07) is 12.9. The number of pyridine rings is 1. The summed E-state index contributed by atoms with van der Waals surface area (Å²) in [5.41, 5.74) is 2.45. The average molecular weight is 320 g/mol. The van der Waals surface area contributed by atoms with Gasteiger partial charge < -0.3 is 14.2 Å². The fraction of sp³-hybridized carbons (Fsp3) is 0. The molecule has 0 spiro atoms. The first-order valence-electron chi connectivity index (χ1n) is 7.19. The van der Waals surface area contributed by atoms with Crippen LogP contribution in [0.15, 0.2) is 61.1 Å². The highest BCUT2D eigenvalue weighted by atomic mass is 16.5. The zero-order valence-corrected chi connectivity index (χ0v) is 12.4. The quantitative estimate of drug-likeness (QED) is 0.602. The van der Waals surface area contributed by atoms with Gasteiger partial charge in [0.25, 0.3) is 0 Å². The molecule has 3 heterocycles. The Morgan fingerprint density at radius 2 is 1.96 bits per heavy atom. The molecule has 118 valence electrons. The number of fused-ring (bicyclic) bond motifs is 1. The third kappa shape index (κ3) is 2.58. The van der Waals surface area contributed by atoms with E-state index in [1.165, 1.54) is 6.20 Å². The number of carboxylic acid groups (broad SMARTS) is 1. The minimum atomic E-state index is -1.06. The number of aromatic nitrogens is 4. The van der Waals surface area contributed by atoms with Crippen molar-refractivity contribution in [1.82, 2.24) is 19.6 Å². The molecule has 7 heteroatoms. The van der Waals surface area contributed by atoms with Crippen LogP contribution in [0.1, 0.15) is 10.5 Å². The molecule has 0 aliphatic carbocycles. The molecule has 3 aromatic heterocycles. The van der Waals surface area contributed by atoms with Crippen LogP contribution in [0.4, 0.5) is 0 Å². The lowest BCUT2D eigenvalue weighted by molar-refractivity contribution is 0.0691. The van der Waals surface area contributed by atoms with E-state index in [0.29, 0.717) is 17.1 Å². The summed E-state index contributed by atoms with van der Waals surface area (Å²) in [4.78, 5) is 15.0. The number of imidazole rings is 1. The molecule has 0 radical (unpaired) electrons. The summed E-state index contributed by atoms with van der Waals surface area (Å²) in [5.74, 6) is 0.197. The second kappa shape index (κ2) is 5.54. The minimum absolute atomic E-state index is 0.00365. The van der Waals surface area contributed by atoms with Crippen molar-refractivity contribution in [2.45, 2.75) is 0 Å². The van der Waals surface area contributed by atoms with Gasteiger partial charge in [0.1, 0.15) is 17.1 Å². The summed E-state index contributed by atoms with van der Waals surface area (Å²) in [6.45, 7) is 0. The van der Waals surface area contributed by atoms with Crippen molar-refractivity contribution in [3.05, 3.63) is 66.7 Å². The number of hydrogen-bond donors (Lipinski definition) is 2. The van der Waals surface area contributed by atoms with Crippen molar-refractivity contribution in [3.8, 4) is 22.8 Å². The number of H-pyrrole nitrogens is 1. The molecule has 0 bridgehead atoms. The molecule has 0 saturated carbocycles. The molecule has 0 amide bonds. The largest absolute Gasteiger partial charge is 0.476 e. The van der Waals surface area contributed by atoms with Crippen molar-refractivity contribution in [3.63, 3.8) is 0 Å². The Morgan fingerprint density at radius 3 is 2.67 bits per heavy atom. The molecule has 7 nitrogen and oxygen atoms in total. The fourth-order valence-electron chi connectivity index (χ4n) is 2.39. The van der Waals surface area contributed by atoms with E-state index in [9.17, 15) is 4.79 Å². The molecule has 0 aliphatic rings. The van der Waals surface area contributed by atoms with Crippen LogP contribution in [0.3, 0.4) is 0 Å². The first kappa shape index (κ1) is 14.0. The Morgan fingerprint density at radius 1 is 1.12 bits per heavy atom. The molecule has 0 atom stereocenters. The molecule has 0 fully saturated rings. The van der Waals surface area contributed by atoms with Gasteiger partial charge in [-0.15, -0.1) is 0 Å². The maximum atomic E-state index is 11.0. The molecule has 4 aromatic rings. The van der Waals surface area contributed by atoms with E-state index in [1.807, 2.05) is 30.3 Å². The van der Waals surface area contributed by atoms with Gasteiger partial charge in [0.05, 0.1) is 5.69 Å². The zero-order valence-electron chi connectivity index (χ0n) is 12.4. The molecule has 1 aromatic carbocycles. The van der Waals surface area contributed by atoms with Gasteiger partial charge in [0.15, 0.2) is 5.69 Å². The predicted octanol–water partition coefficient (Wildman–Crippen LogP) is 3.21. The van der Waals surface area contributed by atoms with E-state index < -0.39 is 5.97 Å². The Bertz CT molecular complexity index is 1000. The van der Waals surface area contributed by atoms with Crippen LogP contribution < -0.4 is 4.74 Å². The molecule has 2 N–H and O–H groups in total. The van der Waals surface area contributed by atoms with E-state index >= 15 is 0 Å². The van der Waals surface area contributed by atoms with Crippen LogP contribution in [-0.2, 0) is 0 Å². The number of nitrogens with one attached hydrogen (secondary N) is 1. The normalized spacial score (nSPS) is 10.8. The van der Waals surface area contributed by atoms with Gasteiger partial charge in [-0.2, -0.15) is 5.10 Å². The third-order valence-electron chi connectivity index (χ3n) is 3.55. The summed E-state index contributed by atoms with van der Waals surface area (Å²) in [5, 5.41) is 15.8. The van der Waals surface area contributed by atoms with Crippen molar-refractivity contribution in [1.29, 1.82) is 0 Å². The summed E-state index contributed by atoms with van der Waals surface area (Å²) >= 11 is 0. The SMILES string of the molecule is O=C(O)c1cn2ccc(Oc3ccc(-c4ccn[nH]4)cc3)cc2n1. The molecular weight excluding hydrogens is 308 g/mol. The smallest absolute Gasteiger partial charge is 0.356 e. The average Bonchev–Trinajstić information content (AvgIpc) is 3.25. The van der Waals surface area contributed by atoms with Gasteiger partial charge in [-0.05, 0) is 42.0 Å². The Hall–Kier alpha value is -3.61. The van der Waals surface area contributed by atoms with Crippen LogP contribution >= 0.6 is 0 Å². The van der Waals surface area contributed by atoms with Gasteiger partial charge >= 0.3 is 5.97 Å². The second-order valence-corrected chi connectivity index (χ2v) is 5.16. The third-order valence-corrected chi connectivity index (χ3v) is 3.55. The number of nitrogens with zero attached hydrogens (tertiary/aromatic N) is 3. The standard InChI is InChI=1S/C17H12N4O3/c22-17(23)15-10-21-8-6-13(9-16(21)19-15)24-12-3-1-11(2-4-12)14-5-7-18-20-14/h1-10H,(H,18,20)(H,22,23). The van der Waals surface area contributed by atoms with E-state index in [0.717, 1.165) is 11.3 Å². The van der Waals surface area contributed by atoms with Crippen LogP contribution in [-0.4, -0.2) is 30.7 Å². The lowest BCUT2D eigenvalue weighted by atomic mass is 10.1. The molecule has 0 saturated heterocycles. The van der Waals surface area contributed by atoms with Crippen molar-refractivity contribution in [2.24, 2.45) is 0 Å². The van der Waals surface area contributed by atoms with E-state index in [1.54, 1.807) is 28.9 Å². The maximum absolute atomic E-state index is 11.0. The van der Waals surface area contributed by atoms with Crippen LogP contribution in [0.2, 0.25) is 0 Å². The van der Waals surface area contributed by atoms with Gasteiger partial charge in [-0.3, -0.25) is 5.10 Å². The van der Waals surface area contributed by atoms with Gasteiger partial charge in [-0.1, -0.05) is 0 Å². The predicted molar refractivity (Wildman–Crippen MR) is 86.2 cm³/mol. The molecule has 24 heavy (non-hydrogen) atoms. The fourth-order valence-corrected chi connectivity index (χ4v) is 2.39. The minimum Gasteiger partial charge on any atom is -0.476 e. The van der Waals surface area contributed by atoms with E-state index in [4.69, 9.17) is 9.84 Å². The first-order valence-corrected chi connectivity index (χ1v) is 7.19. The lowest BCUT2D eigenvalue weighted by Gasteiger charge is -2.06. The van der Waals surface area contributed by atoms with Gasteiger partial charge in [-0.25, -0.2) is 9.78 Å². The topological polar surface area (TPSA) is 92.5 Å². The molecule has 0 aliphatic heterocycles. The van der Waals surface area contributed by atoms with Crippen LogP contribution in [0.25, 0.3) is 16.9 Å². The number of carboxylic acids is 1. The van der Waals surface area contributed by atoms with E-state index in [2.05, 4.69) is 15.2 Å².